The average molecular weight is 747 g/mol. The number of esters is 3. The zero-order chi connectivity index (χ0) is 38.8. The van der Waals surface area contributed by atoms with Gasteiger partial charge in [-0.1, -0.05) is 136 Å². The zero-order valence-electron chi connectivity index (χ0n) is 35.1. The first kappa shape index (κ1) is 48.8. The van der Waals surface area contributed by atoms with Gasteiger partial charge in [-0.05, 0) is 82.5 Å². The average Bonchev–Trinajstić information content (AvgIpc) is 3.96. The largest absolute Gasteiger partial charge is 0.462 e. The minimum absolute atomic E-state index is 0.0563. The Morgan fingerprint density at radius 3 is 1.58 bits per heavy atom. The van der Waals surface area contributed by atoms with Crippen LogP contribution in [-0.2, 0) is 28.6 Å². The molecule has 1 N–H and O–H groups in total. The van der Waals surface area contributed by atoms with Crippen molar-refractivity contribution in [3.8, 4) is 0 Å². The van der Waals surface area contributed by atoms with Gasteiger partial charge in [0.2, 0.25) is 0 Å². The highest BCUT2D eigenvalue weighted by Gasteiger charge is 2.29. The Morgan fingerprint density at radius 1 is 0.660 bits per heavy atom. The lowest BCUT2D eigenvalue weighted by molar-refractivity contribution is -0.155. The molecule has 0 saturated carbocycles. The summed E-state index contributed by atoms with van der Waals surface area (Å²) in [7, 11) is 0. The molecule has 0 radical (unpaired) electrons. The number of hydrazine groups is 1. The first-order valence-corrected chi connectivity index (χ1v) is 22.0. The molecule has 0 bridgehead atoms. The Balaban J connectivity index is 2.32. The molecule has 0 aromatic rings. The van der Waals surface area contributed by atoms with Crippen LogP contribution in [0.5, 0.6) is 0 Å². The Bertz CT molecular complexity index is 924. The van der Waals surface area contributed by atoms with Crippen LogP contribution in [0.3, 0.4) is 0 Å². The van der Waals surface area contributed by atoms with E-state index in [0.717, 1.165) is 116 Å². The van der Waals surface area contributed by atoms with E-state index in [2.05, 4.69) is 50.3 Å². The summed E-state index contributed by atoms with van der Waals surface area (Å²) >= 11 is 0. The second-order valence-corrected chi connectivity index (χ2v) is 16.3. The van der Waals surface area contributed by atoms with E-state index in [1.54, 1.807) is 0 Å². The molecule has 1 fully saturated rings. The predicted octanol–water partition coefficient (Wildman–Crippen LogP) is 11.7. The van der Waals surface area contributed by atoms with Crippen LogP contribution in [0.15, 0.2) is 24.3 Å². The second-order valence-electron chi connectivity index (χ2n) is 16.3. The van der Waals surface area contributed by atoms with Gasteiger partial charge in [-0.2, -0.15) is 0 Å². The Kier molecular flexibility index (Phi) is 30.6. The number of ether oxygens (including phenoxy) is 3. The summed E-state index contributed by atoms with van der Waals surface area (Å²) in [5.74, 6) is -0.412. The van der Waals surface area contributed by atoms with Crippen molar-refractivity contribution in [3.05, 3.63) is 24.3 Å². The Hall–Kier alpha value is -2.19. The molecule has 2 unspecified atom stereocenters. The molecule has 2 atom stereocenters. The quantitative estimate of drug-likeness (QED) is 0.0220. The zero-order valence-corrected chi connectivity index (χ0v) is 35.1. The summed E-state index contributed by atoms with van der Waals surface area (Å²) in [4.78, 5) is 37.4. The van der Waals surface area contributed by atoms with Crippen LogP contribution in [0.2, 0.25) is 0 Å². The highest BCUT2D eigenvalue weighted by Crippen LogP contribution is 2.31. The SMILES string of the molecule is CCCCCC/C=C\COC(=O)CCCCCCCC(CCCCCCCC(=O)OC/C=C\CCCCCC)OC(=O)C(C)CC(C)(C)CCN1CN1. The monoisotopic (exact) mass is 747 g/mol. The van der Waals surface area contributed by atoms with Crippen LogP contribution >= 0.6 is 0 Å². The number of nitrogens with one attached hydrogen (secondary N) is 1. The summed E-state index contributed by atoms with van der Waals surface area (Å²) in [5.41, 5.74) is 3.30. The first-order valence-electron chi connectivity index (χ1n) is 22.0. The number of unbranched alkanes of at least 4 members (excludes halogenated alkanes) is 16. The summed E-state index contributed by atoms with van der Waals surface area (Å²) in [6.45, 7) is 13.7. The van der Waals surface area contributed by atoms with Gasteiger partial charge in [0.05, 0.1) is 12.6 Å². The molecular weight excluding hydrogens is 665 g/mol. The molecule has 1 saturated heterocycles. The minimum Gasteiger partial charge on any atom is -0.462 e. The Labute approximate surface area is 326 Å². The highest BCUT2D eigenvalue weighted by atomic mass is 16.5. The van der Waals surface area contributed by atoms with Crippen LogP contribution in [-0.4, -0.2) is 55.4 Å². The maximum Gasteiger partial charge on any atom is 0.308 e. The molecular formula is C45H82N2O6. The van der Waals surface area contributed by atoms with Crippen molar-refractivity contribution in [1.82, 2.24) is 10.4 Å². The molecule has 8 heteroatoms. The van der Waals surface area contributed by atoms with E-state index in [9.17, 15) is 14.4 Å². The van der Waals surface area contributed by atoms with Crippen LogP contribution in [0.4, 0.5) is 0 Å². The maximum atomic E-state index is 13.2. The summed E-state index contributed by atoms with van der Waals surface area (Å²) in [6.07, 6.45) is 34.9. The van der Waals surface area contributed by atoms with Crippen molar-refractivity contribution in [1.29, 1.82) is 0 Å². The predicted molar refractivity (Wildman–Crippen MR) is 219 cm³/mol. The van der Waals surface area contributed by atoms with E-state index in [1.807, 2.05) is 19.1 Å². The molecule has 0 aromatic heterocycles. The third-order valence-electron chi connectivity index (χ3n) is 10.3. The smallest absolute Gasteiger partial charge is 0.308 e. The standard InChI is InChI=1S/C45H82N2O6/c1-6-8-10-12-14-22-28-36-51-42(48)32-26-20-16-18-24-30-41(53-44(50)40(3)38-45(4,5)34-35-47-39-46-47)31-25-19-17-21-27-33-43(49)52-37-29-23-15-13-11-9-7-2/h22-23,28-29,40-41,46H,6-21,24-27,30-39H2,1-5H3/b28-22-,29-23-. The molecule has 53 heavy (non-hydrogen) atoms. The molecule has 0 spiro atoms. The molecule has 1 aliphatic rings. The number of allylic oxidation sites excluding steroid dienone is 2. The van der Waals surface area contributed by atoms with Crippen molar-refractivity contribution in [3.63, 3.8) is 0 Å². The minimum atomic E-state index is -0.128. The molecule has 0 aliphatic carbocycles. The third kappa shape index (κ3) is 31.8. The van der Waals surface area contributed by atoms with Crippen molar-refractivity contribution in [2.75, 3.05) is 26.4 Å². The number of hydrogen-bond acceptors (Lipinski definition) is 8. The van der Waals surface area contributed by atoms with Gasteiger partial charge in [0, 0.05) is 19.4 Å². The fraction of sp³-hybridized carbons (Fsp3) is 0.844. The fourth-order valence-electron chi connectivity index (χ4n) is 6.72. The van der Waals surface area contributed by atoms with Crippen molar-refractivity contribution in [2.24, 2.45) is 11.3 Å². The summed E-state index contributed by atoms with van der Waals surface area (Å²) in [6, 6.07) is 0. The van der Waals surface area contributed by atoms with Crippen molar-refractivity contribution >= 4 is 17.9 Å². The summed E-state index contributed by atoms with van der Waals surface area (Å²) in [5, 5.41) is 2.20. The number of nitrogens with zero attached hydrogens (tertiary/aromatic N) is 1. The summed E-state index contributed by atoms with van der Waals surface area (Å²) < 4.78 is 16.9. The lowest BCUT2D eigenvalue weighted by Crippen LogP contribution is -2.28. The van der Waals surface area contributed by atoms with Gasteiger partial charge >= 0.3 is 17.9 Å². The van der Waals surface area contributed by atoms with E-state index >= 15 is 0 Å². The molecule has 308 valence electrons. The van der Waals surface area contributed by atoms with Gasteiger partial charge in [-0.25, -0.2) is 10.4 Å². The van der Waals surface area contributed by atoms with Crippen LogP contribution in [0.25, 0.3) is 0 Å². The van der Waals surface area contributed by atoms with Crippen LogP contribution in [0, 0.1) is 11.3 Å². The number of hydrogen-bond donors (Lipinski definition) is 1. The highest BCUT2D eigenvalue weighted by molar-refractivity contribution is 5.72. The number of rotatable bonds is 37. The van der Waals surface area contributed by atoms with Gasteiger partial charge in [-0.15, -0.1) is 0 Å². The molecule has 0 amide bonds. The van der Waals surface area contributed by atoms with E-state index < -0.39 is 0 Å². The van der Waals surface area contributed by atoms with Gasteiger partial charge in [-0.3, -0.25) is 14.4 Å². The lowest BCUT2D eigenvalue weighted by Gasteiger charge is -2.28. The van der Waals surface area contributed by atoms with E-state index in [0.29, 0.717) is 26.1 Å². The first-order chi connectivity index (χ1) is 25.7. The molecule has 8 nitrogen and oxygen atoms in total. The van der Waals surface area contributed by atoms with Gasteiger partial charge in [0.15, 0.2) is 0 Å². The lowest BCUT2D eigenvalue weighted by atomic mass is 9.80. The van der Waals surface area contributed by atoms with Gasteiger partial charge in [0.1, 0.15) is 19.3 Å². The van der Waals surface area contributed by atoms with E-state index in [-0.39, 0.29) is 35.3 Å². The third-order valence-corrected chi connectivity index (χ3v) is 10.3. The fourth-order valence-corrected chi connectivity index (χ4v) is 6.72. The van der Waals surface area contributed by atoms with E-state index in [4.69, 9.17) is 14.2 Å². The van der Waals surface area contributed by atoms with Crippen LogP contribution in [0.1, 0.15) is 202 Å². The number of carbonyl (C=O) groups is 3. The molecule has 1 heterocycles. The Morgan fingerprint density at radius 2 is 1.11 bits per heavy atom. The molecule has 1 rings (SSSR count). The topological polar surface area (TPSA) is 104 Å². The molecule has 0 aromatic carbocycles. The maximum absolute atomic E-state index is 13.2. The van der Waals surface area contributed by atoms with Crippen molar-refractivity contribution < 1.29 is 28.6 Å². The molecule has 1 aliphatic heterocycles. The van der Waals surface area contributed by atoms with Crippen LogP contribution < -0.4 is 5.43 Å². The normalized spacial score (nSPS) is 15.0. The van der Waals surface area contributed by atoms with Gasteiger partial charge < -0.3 is 14.2 Å². The second kappa shape index (κ2) is 33.2. The van der Waals surface area contributed by atoms with E-state index in [1.165, 1.54) is 51.4 Å². The van der Waals surface area contributed by atoms with Gasteiger partial charge in [0.25, 0.3) is 0 Å². The van der Waals surface area contributed by atoms with Crippen molar-refractivity contribution in [2.45, 2.75) is 208 Å². The number of carbonyl (C=O) groups excluding carboxylic acids is 3.